The number of benzene rings is 1. The van der Waals surface area contributed by atoms with Gasteiger partial charge in [-0.3, -0.25) is 0 Å². The molecule has 104 valence electrons. The van der Waals surface area contributed by atoms with Crippen molar-refractivity contribution in [3.63, 3.8) is 0 Å². The molecule has 1 saturated carbocycles. The summed E-state index contributed by atoms with van der Waals surface area (Å²) >= 11 is 0. The zero-order valence-electron chi connectivity index (χ0n) is 11.6. The van der Waals surface area contributed by atoms with Crippen LogP contribution in [0.5, 0.6) is 0 Å². The van der Waals surface area contributed by atoms with Crippen LogP contribution in [-0.2, 0) is 0 Å². The maximum atomic E-state index is 8.85. The van der Waals surface area contributed by atoms with Crippen LogP contribution in [0.25, 0.3) is 11.1 Å². The van der Waals surface area contributed by atoms with Gasteiger partial charge in [0.2, 0.25) is 0 Å². The Bertz CT molecular complexity index is 676. The summed E-state index contributed by atoms with van der Waals surface area (Å²) in [5.74, 6) is 0.629. The molecular weight excluding hydrogens is 260 g/mol. The van der Waals surface area contributed by atoms with Gasteiger partial charge in [-0.2, -0.15) is 9.58 Å². The Balaban J connectivity index is 1.92. The smallest absolute Gasteiger partial charge is 0.262 e. The first-order valence-electron chi connectivity index (χ1n) is 7.12. The third kappa shape index (κ3) is 2.55. The van der Waals surface area contributed by atoms with Crippen molar-refractivity contribution in [2.24, 2.45) is 17.8 Å². The standard InChI is InChI=1S/C17H16N4/c18-20-10-15-9-14-8-13(12-4-2-1-3-5-12)6-7-16(14)17(15)11-21-19/h1-8,10-11,13,15-17H,9H2/t13-,15+,16+,17-/m1/s1. The first kappa shape index (κ1) is 13.4. The van der Waals surface area contributed by atoms with Crippen molar-refractivity contribution in [2.75, 3.05) is 0 Å². The van der Waals surface area contributed by atoms with E-state index in [0.29, 0.717) is 0 Å². The second-order valence-corrected chi connectivity index (χ2v) is 5.56. The number of allylic oxidation sites excluding steroid dienone is 4. The second-order valence-electron chi connectivity index (χ2n) is 5.56. The third-order valence-corrected chi connectivity index (χ3v) is 4.41. The molecule has 1 fully saturated rings. The monoisotopic (exact) mass is 276 g/mol. The van der Waals surface area contributed by atoms with Crippen molar-refractivity contribution in [1.82, 2.24) is 0 Å². The van der Waals surface area contributed by atoms with E-state index in [9.17, 15) is 0 Å². The lowest BCUT2D eigenvalue weighted by molar-refractivity contribution is -0.0122. The van der Waals surface area contributed by atoms with Gasteiger partial charge in [0.15, 0.2) is 0 Å². The van der Waals surface area contributed by atoms with E-state index in [1.54, 1.807) is 6.21 Å². The molecule has 0 bridgehead atoms. The summed E-state index contributed by atoms with van der Waals surface area (Å²) in [6.45, 7) is 0. The minimum atomic E-state index is 0.0464. The van der Waals surface area contributed by atoms with Crippen LogP contribution in [0.3, 0.4) is 0 Å². The number of fused-ring (bicyclic) bond motifs is 1. The lowest BCUT2D eigenvalue weighted by Gasteiger charge is -2.20. The molecule has 0 N–H and O–H groups in total. The molecule has 0 amide bonds. The van der Waals surface area contributed by atoms with Crippen LogP contribution in [-0.4, -0.2) is 22.0 Å². The topological polar surface area (TPSA) is 72.8 Å². The molecule has 0 aliphatic heterocycles. The predicted molar refractivity (Wildman–Crippen MR) is 80.9 cm³/mol. The molecule has 3 rings (SSSR count). The fourth-order valence-electron chi connectivity index (χ4n) is 3.42. The average Bonchev–Trinajstić information content (AvgIpc) is 2.86. The predicted octanol–water partition coefficient (Wildman–Crippen LogP) is 3.12. The normalized spacial score (nSPS) is 29.8. The van der Waals surface area contributed by atoms with Gasteiger partial charge in [-0.1, -0.05) is 54.1 Å². The molecule has 4 nitrogen and oxygen atoms in total. The molecule has 0 radical (unpaired) electrons. The van der Waals surface area contributed by atoms with Gasteiger partial charge in [0, 0.05) is 11.8 Å². The van der Waals surface area contributed by atoms with E-state index in [-0.39, 0.29) is 23.7 Å². The zero-order chi connectivity index (χ0) is 14.7. The summed E-state index contributed by atoms with van der Waals surface area (Å²) in [6.07, 6.45) is 10.6. The maximum absolute atomic E-state index is 8.85. The van der Waals surface area contributed by atoms with Gasteiger partial charge in [-0.05, 0) is 12.0 Å². The maximum Gasteiger partial charge on any atom is 0.262 e. The Morgan fingerprint density at radius 1 is 1.00 bits per heavy atom. The highest BCUT2D eigenvalue weighted by Gasteiger charge is 2.42. The van der Waals surface area contributed by atoms with E-state index >= 15 is 0 Å². The fourth-order valence-corrected chi connectivity index (χ4v) is 3.42. The minimum Gasteiger partial charge on any atom is -0.362 e. The molecule has 1 aromatic carbocycles. The van der Waals surface area contributed by atoms with E-state index in [1.165, 1.54) is 17.4 Å². The Kier molecular flexibility index (Phi) is 3.74. The molecule has 0 spiro atoms. The van der Waals surface area contributed by atoms with Gasteiger partial charge in [0.25, 0.3) is 12.4 Å². The number of hydrogen-bond donors (Lipinski definition) is 0. The highest BCUT2D eigenvalue weighted by molar-refractivity contribution is 5.70. The van der Waals surface area contributed by atoms with Gasteiger partial charge in [0.1, 0.15) is 0 Å². The van der Waals surface area contributed by atoms with E-state index < -0.39 is 0 Å². The largest absolute Gasteiger partial charge is 0.362 e. The summed E-state index contributed by atoms with van der Waals surface area (Å²) < 4.78 is 0. The van der Waals surface area contributed by atoms with Crippen molar-refractivity contribution >= 4 is 12.4 Å². The van der Waals surface area contributed by atoms with Gasteiger partial charge in [-0.15, -0.1) is 0 Å². The van der Waals surface area contributed by atoms with Crippen LogP contribution >= 0.6 is 0 Å². The molecule has 0 unspecified atom stereocenters. The van der Waals surface area contributed by atoms with Crippen LogP contribution in [0.15, 0.2) is 54.1 Å². The highest BCUT2D eigenvalue weighted by Crippen LogP contribution is 2.44. The van der Waals surface area contributed by atoms with Crippen molar-refractivity contribution in [2.45, 2.75) is 12.3 Å². The van der Waals surface area contributed by atoms with Crippen LogP contribution < -0.4 is 0 Å². The SMILES string of the molecule is [N-]=[N+]=C[C@@H]1[C@H](C=[N+]=[N-])CC2=C[C@H](c3ccccc3)C=C[C@@H]21. The Labute approximate surface area is 123 Å². The molecule has 2 aliphatic carbocycles. The summed E-state index contributed by atoms with van der Waals surface area (Å²) in [6, 6.07) is 10.4. The molecule has 4 heteroatoms. The molecule has 4 atom stereocenters. The molecular formula is C17H16N4. The molecule has 1 aromatic rings. The lowest BCUT2D eigenvalue weighted by Crippen LogP contribution is -2.18. The summed E-state index contributed by atoms with van der Waals surface area (Å²) in [5, 5.41) is 0. The summed E-state index contributed by atoms with van der Waals surface area (Å²) in [4.78, 5) is 6.35. The Hall–Kier alpha value is -2.54. The first-order chi connectivity index (χ1) is 10.3. The van der Waals surface area contributed by atoms with Gasteiger partial charge in [0.05, 0.1) is 11.8 Å². The molecule has 21 heavy (non-hydrogen) atoms. The highest BCUT2D eigenvalue weighted by atomic mass is 14.9. The van der Waals surface area contributed by atoms with Crippen molar-refractivity contribution in [3.8, 4) is 0 Å². The van der Waals surface area contributed by atoms with Gasteiger partial charge < -0.3 is 11.1 Å². The molecule has 2 aliphatic rings. The van der Waals surface area contributed by atoms with Crippen LogP contribution in [0.2, 0.25) is 0 Å². The minimum absolute atomic E-state index is 0.0464. The van der Waals surface area contributed by atoms with Crippen LogP contribution in [0, 0.1) is 17.8 Å². The number of nitrogens with zero attached hydrogens (tertiary/aromatic N) is 4. The Morgan fingerprint density at radius 3 is 2.48 bits per heavy atom. The summed E-state index contributed by atoms with van der Waals surface area (Å²) in [5.41, 5.74) is 20.2. The van der Waals surface area contributed by atoms with E-state index in [2.05, 4.69) is 39.9 Å². The fraction of sp³-hybridized carbons (Fsp3) is 0.294. The lowest BCUT2D eigenvalue weighted by atomic mass is 9.83. The first-order valence-corrected chi connectivity index (χ1v) is 7.12. The molecule has 0 saturated heterocycles. The number of hydrogen-bond acceptors (Lipinski definition) is 0. The second kappa shape index (κ2) is 5.84. The average molecular weight is 276 g/mol. The van der Waals surface area contributed by atoms with Crippen molar-refractivity contribution < 1.29 is 9.58 Å². The summed E-state index contributed by atoms with van der Waals surface area (Å²) in [7, 11) is 0. The van der Waals surface area contributed by atoms with Gasteiger partial charge in [-0.25, -0.2) is 0 Å². The van der Waals surface area contributed by atoms with E-state index in [1.807, 2.05) is 18.2 Å². The van der Waals surface area contributed by atoms with Gasteiger partial charge >= 0.3 is 0 Å². The van der Waals surface area contributed by atoms with Crippen molar-refractivity contribution in [1.29, 1.82) is 0 Å². The van der Waals surface area contributed by atoms with Crippen LogP contribution in [0.1, 0.15) is 17.9 Å². The van der Waals surface area contributed by atoms with E-state index in [0.717, 1.165) is 6.42 Å². The molecule has 0 aromatic heterocycles. The number of rotatable bonds is 3. The third-order valence-electron chi connectivity index (χ3n) is 4.41. The molecule has 0 heterocycles. The zero-order valence-corrected chi connectivity index (χ0v) is 11.6. The quantitative estimate of drug-likeness (QED) is 0.352. The van der Waals surface area contributed by atoms with Crippen molar-refractivity contribution in [3.05, 3.63) is 70.8 Å². The van der Waals surface area contributed by atoms with Crippen LogP contribution in [0.4, 0.5) is 0 Å². The Morgan fingerprint density at radius 2 is 1.76 bits per heavy atom. The van der Waals surface area contributed by atoms with E-state index in [4.69, 9.17) is 11.1 Å².